The first-order chi connectivity index (χ1) is 19.8. The van der Waals surface area contributed by atoms with Crippen molar-refractivity contribution < 1.29 is 9.53 Å². The number of fused-ring (bicyclic) bond motifs is 5. The molecule has 5 N–H and O–H groups in total. The minimum atomic E-state index is -0.0398. The molecule has 4 saturated carbocycles. The molecular weight excluding hydrogens is 508 g/mol. The van der Waals surface area contributed by atoms with E-state index in [0.29, 0.717) is 23.2 Å². The first-order valence-corrected chi connectivity index (χ1v) is 17.7. The minimum absolute atomic E-state index is 0.0398. The Kier molecular flexibility index (Phi) is 12.8. The number of hydrogen-bond acceptors (Lipinski definition) is 6. The molecule has 4 aliphatic rings. The summed E-state index contributed by atoms with van der Waals surface area (Å²) in [6.45, 7) is 14.1. The number of rotatable bonds is 17. The highest BCUT2D eigenvalue weighted by Gasteiger charge is 2.60. The monoisotopic (exact) mass is 575 g/mol. The molecule has 0 aromatic heterocycles. The molecule has 0 spiro atoms. The van der Waals surface area contributed by atoms with Crippen LogP contribution in [0.4, 0.5) is 0 Å². The van der Waals surface area contributed by atoms with Gasteiger partial charge < -0.3 is 26.4 Å². The summed E-state index contributed by atoms with van der Waals surface area (Å²) in [7, 11) is 1.52. The Morgan fingerprint density at radius 2 is 1.54 bits per heavy atom. The van der Waals surface area contributed by atoms with Crippen LogP contribution >= 0.6 is 0 Å². The van der Waals surface area contributed by atoms with Gasteiger partial charge in [-0.05, 0) is 175 Å². The van der Waals surface area contributed by atoms with Crippen molar-refractivity contribution in [1.82, 2.24) is 16.0 Å². The van der Waals surface area contributed by atoms with E-state index < -0.39 is 0 Å². The molecule has 0 bridgehead atoms. The first kappa shape index (κ1) is 33.2. The van der Waals surface area contributed by atoms with Crippen LogP contribution in [-0.4, -0.2) is 58.4 Å². The van der Waals surface area contributed by atoms with Gasteiger partial charge in [0.2, 0.25) is 0 Å². The van der Waals surface area contributed by atoms with Crippen molar-refractivity contribution in [3.8, 4) is 0 Å². The number of carbonyl (C=O) groups is 1. The number of nitrogens with one attached hydrogen (secondary N) is 3. The maximum atomic E-state index is 11.8. The maximum Gasteiger partial charge on any atom is 0.305 e. The lowest BCUT2D eigenvalue weighted by Crippen LogP contribution is -2.55. The highest BCUT2D eigenvalue weighted by Crippen LogP contribution is 2.68. The standard InChI is InChI=1S/C35H66N4O2/c1-26(9-14-33(40)41-4)30-12-13-31-29-11-10-27-25-28(15-17-34(27,2)32(29)16-18-35(30,31)3)39-24-8-23-38-21-6-5-20-37-22-7-19-36/h26-32,37-39H,5-25,36H2,1-4H3/t26-,27-,28-,29?,30+,31?,32?,34-,35+/m0/s1. The topological polar surface area (TPSA) is 88.4 Å². The van der Waals surface area contributed by atoms with Gasteiger partial charge in [-0.2, -0.15) is 0 Å². The highest BCUT2D eigenvalue weighted by atomic mass is 16.5. The van der Waals surface area contributed by atoms with Crippen LogP contribution in [-0.2, 0) is 9.53 Å². The van der Waals surface area contributed by atoms with Gasteiger partial charge in [0.25, 0.3) is 0 Å². The smallest absolute Gasteiger partial charge is 0.305 e. The summed E-state index contributed by atoms with van der Waals surface area (Å²) in [6, 6.07) is 0.726. The van der Waals surface area contributed by atoms with Crippen molar-refractivity contribution in [2.75, 3.05) is 46.4 Å². The van der Waals surface area contributed by atoms with Crippen LogP contribution in [0.2, 0.25) is 0 Å². The predicted octanol–water partition coefficient (Wildman–Crippen LogP) is 5.89. The van der Waals surface area contributed by atoms with Gasteiger partial charge in [-0.25, -0.2) is 0 Å². The molecule has 4 fully saturated rings. The van der Waals surface area contributed by atoms with Crippen LogP contribution in [0.5, 0.6) is 0 Å². The lowest BCUT2D eigenvalue weighted by Gasteiger charge is -2.61. The van der Waals surface area contributed by atoms with Crippen LogP contribution in [0.15, 0.2) is 0 Å². The second-order valence-corrected chi connectivity index (χ2v) is 15.1. The van der Waals surface area contributed by atoms with Crippen molar-refractivity contribution in [3.05, 3.63) is 0 Å². The Morgan fingerprint density at radius 1 is 0.854 bits per heavy atom. The Labute approximate surface area is 252 Å². The third-order valence-corrected chi connectivity index (χ3v) is 12.9. The molecule has 0 aromatic carbocycles. The summed E-state index contributed by atoms with van der Waals surface area (Å²) in [4.78, 5) is 11.8. The molecule has 0 amide bonds. The zero-order valence-corrected chi connectivity index (χ0v) is 27.3. The molecule has 3 unspecified atom stereocenters. The molecule has 0 radical (unpaired) electrons. The van der Waals surface area contributed by atoms with Gasteiger partial charge in [-0.1, -0.05) is 20.8 Å². The molecule has 6 heteroatoms. The third-order valence-electron chi connectivity index (χ3n) is 12.9. The lowest BCUT2D eigenvalue weighted by atomic mass is 9.44. The fourth-order valence-electron chi connectivity index (χ4n) is 10.6. The number of carbonyl (C=O) groups excluding carboxylic acids is 1. The van der Waals surface area contributed by atoms with Crippen molar-refractivity contribution >= 4 is 5.97 Å². The molecule has 238 valence electrons. The van der Waals surface area contributed by atoms with E-state index in [2.05, 4.69) is 36.7 Å². The van der Waals surface area contributed by atoms with Gasteiger partial charge in [0.05, 0.1) is 7.11 Å². The summed E-state index contributed by atoms with van der Waals surface area (Å²) in [6.07, 6.45) is 19.2. The van der Waals surface area contributed by atoms with Gasteiger partial charge in [0, 0.05) is 12.5 Å². The SMILES string of the molecule is COC(=O)CC[C@H](C)[C@H]1CCC2C3CC[C@H]4C[C@@H](NCCCNCCCCNCCCN)CC[C@]4(C)C3CC[C@@]21C. The van der Waals surface area contributed by atoms with E-state index in [1.54, 1.807) is 0 Å². The first-order valence-electron chi connectivity index (χ1n) is 17.7. The van der Waals surface area contributed by atoms with Crippen molar-refractivity contribution in [2.45, 2.75) is 123 Å². The van der Waals surface area contributed by atoms with Crippen LogP contribution in [0.1, 0.15) is 117 Å². The molecule has 0 heterocycles. The Bertz CT molecular complexity index is 794. The molecule has 6 nitrogen and oxygen atoms in total. The van der Waals surface area contributed by atoms with Crippen molar-refractivity contribution in [2.24, 2.45) is 52.1 Å². The van der Waals surface area contributed by atoms with E-state index in [1.807, 2.05) is 0 Å². The van der Waals surface area contributed by atoms with E-state index in [-0.39, 0.29) is 5.97 Å². The van der Waals surface area contributed by atoms with Crippen LogP contribution in [0.25, 0.3) is 0 Å². The third kappa shape index (κ3) is 8.08. The van der Waals surface area contributed by atoms with Crippen molar-refractivity contribution in [1.29, 1.82) is 0 Å². The zero-order valence-electron chi connectivity index (χ0n) is 27.3. The van der Waals surface area contributed by atoms with Gasteiger partial charge in [-0.3, -0.25) is 4.79 Å². The van der Waals surface area contributed by atoms with Gasteiger partial charge >= 0.3 is 5.97 Å². The molecule has 4 rings (SSSR count). The van der Waals surface area contributed by atoms with E-state index in [9.17, 15) is 4.79 Å². The molecule has 0 aliphatic heterocycles. The normalized spacial score (nSPS) is 37.2. The number of esters is 1. The molecule has 9 atom stereocenters. The fourth-order valence-corrected chi connectivity index (χ4v) is 10.6. The Morgan fingerprint density at radius 3 is 2.27 bits per heavy atom. The van der Waals surface area contributed by atoms with E-state index in [1.165, 1.54) is 84.2 Å². The Hall–Kier alpha value is -0.690. The number of ether oxygens (including phenoxy) is 1. The molecular formula is C35H66N4O2. The summed E-state index contributed by atoms with van der Waals surface area (Å²) in [5.74, 6) is 5.05. The quantitative estimate of drug-likeness (QED) is 0.128. The number of nitrogens with two attached hydrogens (primary N) is 1. The Balaban J connectivity index is 1.16. The van der Waals surface area contributed by atoms with Gasteiger partial charge in [-0.15, -0.1) is 0 Å². The summed E-state index contributed by atoms with van der Waals surface area (Å²) >= 11 is 0. The largest absolute Gasteiger partial charge is 0.469 e. The molecule has 0 saturated heterocycles. The number of methoxy groups -OCH3 is 1. The molecule has 41 heavy (non-hydrogen) atoms. The second-order valence-electron chi connectivity index (χ2n) is 15.1. The number of unbranched alkanes of at least 4 members (excludes halogenated alkanes) is 1. The molecule has 4 aliphatic carbocycles. The van der Waals surface area contributed by atoms with E-state index in [0.717, 1.165) is 87.7 Å². The van der Waals surface area contributed by atoms with E-state index in [4.69, 9.17) is 10.5 Å². The van der Waals surface area contributed by atoms with E-state index >= 15 is 0 Å². The van der Waals surface area contributed by atoms with Gasteiger partial charge in [0.15, 0.2) is 0 Å². The fraction of sp³-hybridized carbons (Fsp3) is 0.971. The van der Waals surface area contributed by atoms with Crippen molar-refractivity contribution in [3.63, 3.8) is 0 Å². The van der Waals surface area contributed by atoms with Gasteiger partial charge in [0.1, 0.15) is 0 Å². The minimum Gasteiger partial charge on any atom is -0.469 e. The molecule has 0 aromatic rings. The maximum absolute atomic E-state index is 11.8. The second kappa shape index (κ2) is 15.9. The van der Waals surface area contributed by atoms with Crippen LogP contribution in [0, 0.1) is 46.3 Å². The lowest BCUT2D eigenvalue weighted by molar-refractivity contribution is -0.141. The average molecular weight is 575 g/mol. The summed E-state index contributed by atoms with van der Waals surface area (Å²) < 4.78 is 4.94. The number of hydrogen-bond donors (Lipinski definition) is 4. The highest BCUT2D eigenvalue weighted by molar-refractivity contribution is 5.69. The zero-order chi connectivity index (χ0) is 29.3. The van der Waals surface area contributed by atoms with Crippen LogP contribution < -0.4 is 21.7 Å². The summed E-state index contributed by atoms with van der Waals surface area (Å²) in [5.41, 5.74) is 6.57. The predicted molar refractivity (Wildman–Crippen MR) is 171 cm³/mol. The summed E-state index contributed by atoms with van der Waals surface area (Å²) in [5, 5.41) is 11.1. The van der Waals surface area contributed by atoms with Crippen LogP contribution in [0.3, 0.4) is 0 Å². The average Bonchev–Trinajstić information content (AvgIpc) is 3.33.